The van der Waals surface area contributed by atoms with Gasteiger partial charge in [-0.15, -0.1) is 0 Å². The highest BCUT2D eigenvalue weighted by atomic mass is 16.5. The van der Waals surface area contributed by atoms with Gasteiger partial charge in [-0.3, -0.25) is 4.79 Å². The lowest BCUT2D eigenvalue weighted by atomic mass is 9.95. The number of amides is 1. The van der Waals surface area contributed by atoms with E-state index in [1.807, 2.05) is 18.7 Å². The fraction of sp³-hybridized carbons (Fsp3) is 0.556. The molecule has 0 aromatic heterocycles. The lowest BCUT2D eigenvalue weighted by molar-refractivity contribution is -0.131. The van der Waals surface area contributed by atoms with Crippen LogP contribution in [0.1, 0.15) is 44.6 Å². The van der Waals surface area contributed by atoms with Crippen molar-refractivity contribution in [2.75, 3.05) is 27.3 Å². The molecule has 1 atom stereocenters. The van der Waals surface area contributed by atoms with E-state index in [-0.39, 0.29) is 12.3 Å². The molecule has 1 aromatic rings. The molecule has 126 valence electrons. The zero-order valence-corrected chi connectivity index (χ0v) is 14.5. The van der Waals surface area contributed by atoms with Gasteiger partial charge in [0.1, 0.15) is 11.5 Å². The Morgan fingerprint density at radius 1 is 1.22 bits per heavy atom. The van der Waals surface area contributed by atoms with Gasteiger partial charge in [0.25, 0.3) is 0 Å². The Balaban J connectivity index is 2.96. The zero-order valence-electron chi connectivity index (χ0n) is 14.5. The maximum Gasteiger partial charge on any atom is 0.224 e. The summed E-state index contributed by atoms with van der Waals surface area (Å²) < 4.78 is 10.5. The third kappa shape index (κ3) is 5.17. The number of carbonyl (C=O) groups is 1. The number of ether oxygens (including phenoxy) is 2. The summed E-state index contributed by atoms with van der Waals surface area (Å²) in [4.78, 5) is 14.3. The molecule has 1 amide bonds. The smallest absolute Gasteiger partial charge is 0.224 e. The van der Waals surface area contributed by atoms with Crippen molar-refractivity contribution < 1.29 is 14.3 Å². The van der Waals surface area contributed by atoms with Gasteiger partial charge in [0, 0.05) is 31.1 Å². The summed E-state index contributed by atoms with van der Waals surface area (Å²) in [6.07, 6.45) is 1.99. The van der Waals surface area contributed by atoms with Gasteiger partial charge in [-0.1, -0.05) is 19.9 Å². The van der Waals surface area contributed by atoms with Crippen LogP contribution in [0, 0.1) is 11.3 Å². The summed E-state index contributed by atoms with van der Waals surface area (Å²) in [5.41, 5.74) is 0.720. The molecule has 5 heteroatoms. The first-order valence-corrected chi connectivity index (χ1v) is 8.00. The monoisotopic (exact) mass is 318 g/mol. The largest absolute Gasteiger partial charge is 0.497 e. The molecule has 1 rings (SSSR count). The van der Waals surface area contributed by atoms with E-state index >= 15 is 0 Å². The van der Waals surface area contributed by atoms with E-state index in [9.17, 15) is 10.1 Å². The Hall–Kier alpha value is -2.22. The third-order valence-electron chi connectivity index (χ3n) is 3.69. The first-order valence-electron chi connectivity index (χ1n) is 8.00. The first kappa shape index (κ1) is 18.8. The number of hydrogen-bond donors (Lipinski definition) is 0. The van der Waals surface area contributed by atoms with Crippen molar-refractivity contribution in [1.82, 2.24) is 4.90 Å². The third-order valence-corrected chi connectivity index (χ3v) is 3.69. The molecule has 1 unspecified atom stereocenters. The van der Waals surface area contributed by atoms with Gasteiger partial charge in [0.15, 0.2) is 0 Å². The van der Waals surface area contributed by atoms with Gasteiger partial charge in [0.05, 0.1) is 26.2 Å². The quantitative estimate of drug-likeness (QED) is 0.700. The molecule has 5 nitrogen and oxygen atoms in total. The molecule has 0 saturated carbocycles. The second kappa shape index (κ2) is 9.73. The van der Waals surface area contributed by atoms with E-state index in [0.29, 0.717) is 11.5 Å². The maximum absolute atomic E-state index is 12.5. The Morgan fingerprint density at radius 3 is 2.35 bits per heavy atom. The van der Waals surface area contributed by atoms with Crippen LogP contribution in [-0.2, 0) is 4.79 Å². The Bertz CT molecular complexity index is 546. The second-order valence-electron chi connectivity index (χ2n) is 5.37. The Labute approximate surface area is 138 Å². The number of hydrogen-bond acceptors (Lipinski definition) is 4. The number of rotatable bonds is 9. The van der Waals surface area contributed by atoms with Crippen LogP contribution < -0.4 is 9.47 Å². The summed E-state index contributed by atoms with van der Waals surface area (Å²) in [6, 6.07) is 7.54. The van der Waals surface area contributed by atoms with Crippen LogP contribution in [0.5, 0.6) is 11.5 Å². The second-order valence-corrected chi connectivity index (χ2v) is 5.37. The molecule has 0 aliphatic heterocycles. The van der Waals surface area contributed by atoms with Gasteiger partial charge in [-0.05, 0) is 18.9 Å². The predicted octanol–water partition coefficient (Wildman–Crippen LogP) is 3.35. The highest BCUT2D eigenvalue weighted by Crippen LogP contribution is 2.32. The van der Waals surface area contributed by atoms with Crippen LogP contribution in [0.2, 0.25) is 0 Å². The van der Waals surface area contributed by atoms with E-state index in [1.54, 1.807) is 32.4 Å². The fourth-order valence-electron chi connectivity index (χ4n) is 2.54. The zero-order chi connectivity index (χ0) is 17.2. The van der Waals surface area contributed by atoms with E-state index < -0.39 is 5.92 Å². The van der Waals surface area contributed by atoms with Crippen molar-refractivity contribution >= 4 is 5.91 Å². The van der Waals surface area contributed by atoms with Gasteiger partial charge in [-0.25, -0.2) is 0 Å². The molecule has 0 N–H and O–H groups in total. The SMILES string of the molecule is CCCN(CCC)C(=O)CC(C#N)c1ccc(OC)cc1OC. The molecule has 0 heterocycles. The number of carbonyl (C=O) groups excluding carboxylic acids is 1. The predicted molar refractivity (Wildman–Crippen MR) is 89.7 cm³/mol. The van der Waals surface area contributed by atoms with Gasteiger partial charge < -0.3 is 14.4 Å². The summed E-state index contributed by atoms with van der Waals surface area (Å²) in [5.74, 6) is 0.714. The summed E-state index contributed by atoms with van der Waals surface area (Å²) in [6.45, 7) is 5.55. The van der Waals surface area contributed by atoms with Crippen LogP contribution in [0.25, 0.3) is 0 Å². The van der Waals surface area contributed by atoms with Crippen molar-refractivity contribution in [3.63, 3.8) is 0 Å². The standard InChI is InChI=1S/C18H26N2O3/c1-5-9-20(10-6-2)18(21)11-14(13-19)16-8-7-15(22-3)12-17(16)23-4/h7-8,12,14H,5-6,9-11H2,1-4H3. The summed E-state index contributed by atoms with van der Waals surface area (Å²) in [7, 11) is 3.13. The molecule has 0 aliphatic carbocycles. The molecule has 0 fully saturated rings. The fourth-order valence-corrected chi connectivity index (χ4v) is 2.54. The Morgan fingerprint density at radius 2 is 1.87 bits per heavy atom. The minimum absolute atomic E-state index is 0.0121. The van der Waals surface area contributed by atoms with Crippen molar-refractivity contribution in [3.8, 4) is 17.6 Å². The molecule has 0 aliphatic rings. The van der Waals surface area contributed by atoms with Gasteiger partial charge >= 0.3 is 0 Å². The van der Waals surface area contributed by atoms with E-state index in [1.165, 1.54) is 0 Å². The molecule has 0 bridgehead atoms. The van der Waals surface area contributed by atoms with Crippen molar-refractivity contribution in [2.24, 2.45) is 0 Å². The van der Waals surface area contributed by atoms with Crippen molar-refractivity contribution in [3.05, 3.63) is 23.8 Å². The maximum atomic E-state index is 12.5. The lowest BCUT2D eigenvalue weighted by Crippen LogP contribution is -2.33. The summed E-state index contributed by atoms with van der Waals surface area (Å²) >= 11 is 0. The van der Waals surface area contributed by atoms with Crippen LogP contribution >= 0.6 is 0 Å². The number of nitrogens with zero attached hydrogens (tertiary/aromatic N) is 2. The number of benzene rings is 1. The number of methoxy groups -OCH3 is 2. The Kier molecular flexibility index (Phi) is 7.96. The first-order chi connectivity index (χ1) is 11.1. The highest BCUT2D eigenvalue weighted by molar-refractivity contribution is 5.77. The average molecular weight is 318 g/mol. The topological polar surface area (TPSA) is 62.6 Å². The molecular weight excluding hydrogens is 292 g/mol. The average Bonchev–Trinajstić information content (AvgIpc) is 2.58. The normalized spacial score (nSPS) is 11.4. The molecule has 23 heavy (non-hydrogen) atoms. The van der Waals surface area contributed by atoms with Crippen molar-refractivity contribution in [2.45, 2.75) is 39.0 Å². The molecule has 0 spiro atoms. The van der Waals surface area contributed by atoms with E-state index in [0.717, 1.165) is 31.5 Å². The molecule has 1 aromatic carbocycles. The molecule has 0 saturated heterocycles. The minimum Gasteiger partial charge on any atom is -0.497 e. The van der Waals surface area contributed by atoms with Crippen LogP contribution in [-0.4, -0.2) is 38.1 Å². The number of nitriles is 1. The van der Waals surface area contributed by atoms with E-state index in [4.69, 9.17) is 9.47 Å². The van der Waals surface area contributed by atoms with Crippen LogP contribution in [0.4, 0.5) is 0 Å². The summed E-state index contributed by atoms with van der Waals surface area (Å²) in [5, 5.41) is 9.51. The molecular formula is C18H26N2O3. The van der Waals surface area contributed by atoms with E-state index in [2.05, 4.69) is 6.07 Å². The van der Waals surface area contributed by atoms with Crippen LogP contribution in [0.3, 0.4) is 0 Å². The van der Waals surface area contributed by atoms with Crippen molar-refractivity contribution in [1.29, 1.82) is 5.26 Å². The molecule has 0 radical (unpaired) electrons. The van der Waals surface area contributed by atoms with Gasteiger partial charge in [-0.2, -0.15) is 5.26 Å². The highest BCUT2D eigenvalue weighted by Gasteiger charge is 2.22. The van der Waals surface area contributed by atoms with Gasteiger partial charge in [0.2, 0.25) is 5.91 Å². The minimum atomic E-state index is -0.528. The van der Waals surface area contributed by atoms with Crippen LogP contribution in [0.15, 0.2) is 18.2 Å². The lowest BCUT2D eigenvalue weighted by Gasteiger charge is -2.23.